The van der Waals surface area contributed by atoms with E-state index >= 15 is 0 Å². The molecular weight excluding hydrogens is 322 g/mol. The van der Waals surface area contributed by atoms with Gasteiger partial charge in [-0.3, -0.25) is 9.69 Å². The summed E-state index contributed by atoms with van der Waals surface area (Å²) in [6.07, 6.45) is 1.27. The van der Waals surface area contributed by atoms with E-state index in [0.717, 1.165) is 22.6 Å². The van der Waals surface area contributed by atoms with Gasteiger partial charge < -0.3 is 19.4 Å². The Morgan fingerprint density at radius 2 is 2.20 bits per heavy atom. The average molecular weight is 341 g/mol. The van der Waals surface area contributed by atoms with E-state index in [0.29, 0.717) is 26.3 Å². The molecule has 1 aromatic heterocycles. The third-order valence-electron chi connectivity index (χ3n) is 4.43. The van der Waals surface area contributed by atoms with Crippen LogP contribution in [0, 0.1) is 0 Å². The van der Waals surface area contributed by atoms with Crippen molar-refractivity contribution in [2.45, 2.75) is 26.2 Å². The van der Waals surface area contributed by atoms with Crippen molar-refractivity contribution in [3.8, 4) is 5.69 Å². The molecule has 0 bridgehead atoms. The highest BCUT2D eigenvalue weighted by Crippen LogP contribution is 2.29. The van der Waals surface area contributed by atoms with Gasteiger partial charge in [-0.05, 0) is 30.3 Å². The number of nitrogens with one attached hydrogen (secondary N) is 1. The van der Waals surface area contributed by atoms with Crippen LogP contribution in [0.5, 0.6) is 0 Å². The van der Waals surface area contributed by atoms with Crippen LogP contribution in [0.2, 0.25) is 0 Å². The van der Waals surface area contributed by atoms with Crippen LogP contribution >= 0.6 is 0 Å². The van der Waals surface area contributed by atoms with Crippen LogP contribution in [0.15, 0.2) is 36.5 Å². The van der Waals surface area contributed by atoms with Gasteiger partial charge in [0, 0.05) is 30.1 Å². The number of carbonyl (C=O) groups is 2. The molecule has 2 aliphatic rings. The van der Waals surface area contributed by atoms with Gasteiger partial charge in [-0.25, -0.2) is 4.79 Å². The molecule has 0 spiro atoms. The van der Waals surface area contributed by atoms with Crippen molar-refractivity contribution < 1.29 is 19.1 Å². The second kappa shape index (κ2) is 6.25. The van der Waals surface area contributed by atoms with E-state index in [9.17, 15) is 9.59 Å². The molecule has 0 radical (unpaired) electrons. The van der Waals surface area contributed by atoms with Gasteiger partial charge in [-0.1, -0.05) is 0 Å². The summed E-state index contributed by atoms with van der Waals surface area (Å²) in [7, 11) is 0. The molecule has 3 heterocycles. The number of carbonyl (C=O) groups excluding carboxylic acids is 2. The summed E-state index contributed by atoms with van der Waals surface area (Å²) in [6, 6.07) is 9.90. The molecule has 4 rings (SSSR count). The lowest BCUT2D eigenvalue weighted by Gasteiger charge is -2.16. The first-order valence-corrected chi connectivity index (χ1v) is 8.21. The average Bonchev–Trinajstić information content (AvgIpc) is 3.15. The molecule has 7 heteroatoms. The van der Waals surface area contributed by atoms with Gasteiger partial charge in [0.2, 0.25) is 5.91 Å². The molecule has 2 aromatic rings. The summed E-state index contributed by atoms with van der Waals surface area (Å²) in [4.78, 5) is 24.8. The van der Waals surface area contributed by atoms with Crippen LogP contribution in [0.3, 0.4) is 0 Å². The maximum absolute atomic E-state index is 12.2. The molecule has 25 heavy (non-hydrogen) atoms. The van der Waals surface area contributed by atoms with Gasteiger partial charge in [0.25, 0.3) is 0 Å². The highest BCUT2D eigenvalue weighted by molar-refractivity contribution is 5.90. The fourth-order valence-electron chi connectivity index (χ4n) is 3.22. The predicted molar refractivity (Wildman–Crippen MR) is 90.6 cm³/mol. The normalized spacial score (nSPS) is 19.0. The number of aromatic nitrogens is 1. The second-order valence-corrected chi connectivity index (χ2v) is 6.23. The predicted octanol–water partition coefficient (Wildman–Crippen LogP) is 1.97. The van der Waals surface area contributed by atoms with E-state index in [1.165, 1.54) is 6.92 Å². The smallest absolute Gasteiger partial charge is 0.414 e. The minimum absolute atomic E-state index is 0.140. The van der Waals surface area contributed by atoms with Crippen molar-refractivity contribution >= 4 is 17.7 Å². The lowest BCUT2D eigenvalue weighted by atomic mass is 10.1. The topological polar surface area (TPSA) is 72.8 Å². The summed E-state index contributed by atoms with van der Waals surface area (Å²) in [5.74, 6) is -0.140. The van der Waals surface area contributed by atoms with Crippen LogP contribution in [-0.2, 0) is 27.5 Å². The quantitative estimate of drug-likeness (QED) is 0.926. The molecular formula is C18H19N3O4. The van der Waals surface area contributed by atoms with Crippen molar-refractivity contribution in [1.29, 1.82) is 0 Å². The fourth-order valence-corrected chi connectivity index (χ4v) is 3.22. The standard InChI is InChI=1S/C18H19N3O4/c1-12(22)19-8-16-9-21(18(23)25-16)14-4-5-17-13(7-14)10-24-11-15-3-2-6-20(15)17/h2-7,16H,8-11H2,1H3,(H,19,22). The molecule has 1 aromatic carbocycles. The first-order chi connectivity index (χ1) is 12.1. The first-order valence-electron chi connectivity index (χ1n) is 8.21. The Hall–Kier alpha value is -2.80. The van der Waals surface area contributed by atoms with Crippen LogP contribution in [0.25, 0.3) is 5.69 Å². The number of ether oxygens (including phenoxy) is 2. The summed E-state index contributed by atoms with van der Waals surface area (Å²) >= 11 is 0. The van der Waals surface area contributed by atoms with Crippen LogP contribution < -0.4 is 10.2 Å². The Morgan fingerprint density at radius 3 is 3.04 bits per heavy atom. The molecule has 1 fully saturated rings. The van der Waals surface area contributed by atoms with E-state index in [4.69, 9.17) is 9.47 Å². The van der Waals surface area contributed by atoms with E-state index in [1.54, 1.807) is 4.90 Å². The molecule has 7 nitrogen and oxygen atoms in total. The van der Waals surface area contributed by atoms with Gasteiger partial charge in [0.05, 0.1) is 32.0 Å². The van der Waals surface area contributed by atoms with Gasteiger partial charge in [0.1, 0.15) is 6.10 Å². The molecule has 1 saturated heterocycles. The molecule has 1 N–H and O–H groups in total. The number of anilines is 1. The number of hydrogen-bond donors (Lipinski definition) is 1. The number of hydrogen-bond acceptors (Lipinski definition) is 4. The summed E-state index contributed by atoms with van der Waals surface area (Å²) in [5.41, 5.74) is 3.95. The number of benzene rings is 1. The lowest BCUT2D eigenvalue weighted by molar-refractivity contribution is -0.119. The van der Waals surface area contributed by atoms with Crippen molar-refractivity contribution in [3.05, 3.63) is 47.8 Å². The number of rotatable bonds is 3. The summed E-state index contributed by atoms with van der Waals surface area (Å²) < 4.78 is 13.2. The van der Waals surface area contributed by atoms with Crippen molar-refractivity contribution in [2.75, 3.05) is 18.0 Å². The Bertz CT molecular complexity index is 829. The largest absolute Gasteiger partial charge is 0.442 e. The monoisotopic (exact) mass is 341 g/mol. The highest BCUT2D eigenvalue weighted by Gasteiger charge is 2.32. The van der Waals surface area contributed by atoms with E-state index in [-0.39, 0.29) is 12.0 Å². The maximum Gasteiger partial charge on any atom is 0.414 e. The number of amides is 2. The third-order valence-corrected chi connectivity index (χ3v) is 4.43. The zero-order chi connectivity index (χ0) is 17.4. The van der Waals surface area contributed by atoms with Gasteiger partial charge in [-0.15, -0.1) is 0 Å². The lowest BCUT2D eigenvalue weighted by Crippen LogP contribution is -2.33. The van der Waals surface area contributed by atoms with Gasteiger partial charge in [-0.2, -0.15) is 0 Å². The van der Waals surface area contributed by atoms with Crippen molar-refractivity contribution in [3.63, 3.8) is 0 Å². The van der Waals surface area contributed by atoms with E-state index < -0.39 is 6.09 Å². The number of nitrogens with zero attached hydrogens (tertiary/aromatic N) is 2. The number of cyclic esters (lactones) is 1. The molecule has 2 aliphatic heterocycles. The van der Waals surface area contributed by atoms with Crippen molar-refractivity contribution in [2.24, 2.45) is 0 Å². The SMILES string of the molecule is CC(=O)NCC1CN(c2ccc3c(c2)COCc2cccn2-3)C(=O)O1. The summed E-state index contributed by atoms with van der Waals surface area (Å²) in [5, 5.41) is 2.68. The Balaban J connectivity index is 1.58. The molecule has 2 amide bonds. The first kappa shape index (κ1) is 15.7. The highest BCUT2D eigenvalue weighted by atomic mass is 16.6. The van der Waals surface area contributed by atoms with Gasteiger partial charge >= 0.3 is 6.09 Å². The van der Waals surface area contributed by atoms with Crippen molar-refractivity contribution in [1.82, 2.24) is 9.88 Å². The zero-order valence-corrected chi connectivity index (χ0v) is 13.9. The Labute approximate surface area is 145 Å². The van der Waals surface area contributed by atoms with Gasteiger partial charge in [0.15, 0.2) is 0 Å². The Morgan fingerprint density at radius 1 is 1.32 bits per heavy atom. The maximum atomic E-state index is 12.2. The molecule has 1 unspecified atom stereocenters. The minimum atomic E-state index is -0.397. The third kappa shape index (κ3) is 2.98. The Kier molecular flexibility index (Phi) is 3.93. The zero-order valence-electron chi connectivity index (χ0n) is 13.9. The van der Waals surface area contributed by atoms with E-state index in [2.05, 4.69) is 9.88 Å². The molecule has 1 atom stereocenters. The molecule has 130 valence electrons. The fraction of sp³-hybridized carbons (Fsp3) is 0.333. The van der Waals surface area contributed by atoms with E-state index in [1.807, 2.05) is 36.5 Å². The number of fused-ring (bicyclic) bond motifs is 3. The van der Waals surface area contributed by atoms with Crippen LogP contribution in [-0.4, -0.2) is 35.8 Å². The molecule has 0 aliphatic carbocycles. The minimum Gasteiger partial charge on any atom is -0.442 e. The van der Waals surface area contributed by atoms with Crippen LogP contribution in [0.4, 0.5) is 10.5 Å². The summed E-state index contributed by atoms with van der Waals surface area (Å²) in [6.45, 7) is 3.22. The van der Waals surface area contributed by atoms with Crippen LogP contribution in [0.1, 0.15) is 18.2 Å². The second-order valence-electron chi connectivity index (χ2n) is 6.23. The molecule has 0 saturated carbocycles.